The van der Waals surface area contributed by atoms with Crippen molar-refractivity contribution < 1.29 is 9.53 Å². The molecule has 1 aliphatic heterocycles. The summed E-state index contributed by atoms with van der Waals surface area (Å²) in [6.45, 7) is 1.72. The molecule has 2 fully saturated rings. The van der Waals surface area contributed by atoms with Crippen LogP contribution in [0.3, 0.4) is 0 Å². The fourth-order valence-corrected chi connectivity index (χ4v) is 3.22. The highest BCUT2D eigenvalue weighted by Gasteiger charge is 2.19. The first-order valence-corrected chi connectivity index (χ1v) is 7.44. The lowest BCUT2D eigenvalue weighted by Crippen LogP contribution is -2.19. The zero-order valence-corrected chi connectivity index (χ0v) is 11.0. The molecule has 0 N–H and O–H groups in total. The molecule has 0 bridgehead atoms. The molecule has 2 heteroatoms. The lowest BCUT2D eigenvalue weighted by atomic mass is 9.84. The van der Waals surface area contributed by atoms with Gasteiger partial charge in [-0.15, -0.1) is 0 Å². The van der Waals surface area contributed by atoms with E-state index in [0.717, 1.165) is 51.2 Å². The Balaban J connectivity index is 1.59. The first kappa shape index (κ1) is 13.1. The van der Waals surface area contributed by atoms with Gasteiger partial charge in [-0.1, -0.05) is 32.1 Å². The summed E-state index contributed by atoms with van der Waals surface area (Å²) in [6, 6.07) is 0. The monoisotopic (exact) mass is 238 g/mol. The zero-order chi connectivity index (χ0) is 11.9. The molecular weight excluding hydrogens is 212 g/mol. The first-order valence-electron chi connectivity index (χ1n) is 7.44. The molecule has 1 aliphatic carbocycles. The van der Waals surface area contributed by atoms with Crippen molar-refractivity contribution >= 4 is 5.78 Å². The highest BCUT2D eigenvalue weighted by Crippen LogP contribution is 2.28. The minimum Gasteiger partial charge on any atom is -0.381 e. The predicted molar refractivity (Wildman–Crippen MR) is 69.0 cm³/mol. The van der Waals surface area contributed by atoms with Crippen LogP contribution in [0.1, 0.15) is 64.2 Å². The van der Waals surface area contributed by atoms with Crippen LogP contribution < -0.4 is 0 Å². The molecule has 1 saturated carbocycles. The van der Waals surface area contributed by atoms with Crippen molar-refractivity contribution in [1.82, 2.24) is 0 Å². The van der Waals surface area contributed by atoms with Gasteiger partial charge in [-0.25, -0.2) is 0 Å². The van der Waals surface area contributed by atoms with Gasteiger partial charge in [0, 0.05) is 26.1 Å². The van der Waals surface area contributed by atoms with Crippen molar-refractivity contribution in [2.24, 2.45) is 11.8 Å². The summed E-state index contributed by atoms with van der Waals surface area (Å²) in [5.41, 5.74) is 0. The minimum atomic E-state index is 0.502. The van der Waals surface area contributed by atoms with Crippen LogP contribution in [0.2, 0.25) is 0 Å². The van der Waals surface area contributed by atoms with E-state index in [1.807, 2.05) is 0 Å². The summed E-state index contributed by atoms with van der Waals surface area (Å²) in [5.74, 6) is 1.97. The molecule has 2 nitrogen and oxygen atoms in total. The van der Waals surface area contributed by atoms with E-state index in [1.165, 1.54) is 32.1 Å². The van der Waals surface area contributed by atoms with E-state index >= 15 is 0 Å². The molecule has 0 aromatic carbocycles. The Morgan fingerprint density at radius 2 is 1.65 bits per heavy atom. The summed E-state index contributed by atoms with van der Waals surface area (Å²) in [6.07, 6.45) is 11.9. The maximum Gasteiger partial charge on any atom is 0.133 e. The number of hydrogen-bond donors (Lipinski definition) is 0. The minimum absolute atomic E-state index is 0.502. The second-order valence-electron chi connectivity index (χ2n) is 5.84. The molecule has 0 unspecified atom stereocenters. The molecule has 0 spiro atoms. The largest absolute Gasteiger partial charge is 0.381 e. The van der Waals surface area contributed by atoms with E-state index in [-0.39, 0.29) is 0 Å². The van der Waals surface area contributed by atoms with Gasteiger partial charge in [-0.3, -0.25) is 4.79 Å². The number of Topliss-reactive ketones (excluding diaryl/α,β-unsaturated/α-hetero) is 1. The van der Waals surface area contributed by atoms with Gasteiger partial charge in [0.2, 0.25) is 0 Å². The summed E-state index contributed by atoms with van der Waals surface area (Å²) in [7, 11) is 0. The van der Waals surface area contributed by atoms with Crippen molar-refractivity contribution in [3.05, 3.63) is 0 Å². The molecule has 17 heavy (non-hydrogen) atoms. The number of ether oxygens (including phenoxy) is 1. The second-order valence-corrected chi connectivity index (χ2v) is 5.84. The van der Waals surface area contributed by atoms with E-state index in [0.29, 0.717) is 11.7 Å². The number of rotatable bonds is 5. The Bertz CT molecular complexity index is 225. The van der Waals surface area contributed by atoms with Crippen LogP contribution in [-0.2, 0) is 9.53 Å². The summed E-state index contributed by atoms with van der Waals surface area (Å²) in [4.78, 5) is 11.9. The molecule has 98 valence electrons. The van der Waals surface area contributed by atoms with Crippen LogP contribution in [0.25, 0.3) is 0 Å². The van der Waals surface area contributed by atoms with Gasteiger partial charge in [-0.05, 0) is 31.1 Å². The Morgan fingerprint density at radius 1 is 0.941 bits per heavy atom. The van der Waals surface area contributed by atoms with Gasteiger partial charge in [-0.2, -0.15) is 0 Å². The van der Waals surface area contributed by atoms with Crippen molar-refractivity contribution in [1.29, 1.82) is 0 Å². The smallest absolute Gasteiger partial charge is 0.133 e. The van der Waals surface area contributed by atoms with Crippen LogP contribution in [0.15, 0.2) is 0 Å². The molecule has 0 amide bonds. The third-order valence-electron chi connectivity index (χ3n) is 4.41. The number of hydrogen-bond acceptors (Lipinski definition) is 2. The van der Waals surface area contributed by atoms with E-state index in [2.05, 4.69) is 0 Å². The van der Waals surface area contributed by atoms with Gasteiger partial charge in [0.25, 0.3) is 0 Å². The Kier molecular flexibility index (Phi) is 5.50. The number of carbonyl (C=O) groups excluding carboxylic acids is 1. The lowest BCUT2D eigenvalue weighted by molar-refractivity contribution is -0.121. The molecule has 1 saturated heterocycles. The molecule has 0 atom stereocenters. The molecule has 2 rings (SSSR count). The fraction of sp³-hybridized carbons (Fsp3) is 0.933. The predicted octanol–water partition coefficient (Wildman–Crippen LogP) is 3.73. The van der Waals surface area contributed by atoms with Crippen LogP contribution in [0.4, 0.5) is 0 Å². The molecule has 0 aromatic rings. The highest BCUT2D eigenvalue weighted by atomic mass is 16.5. The lowest BCUT2D eigenvalue weighted by Gasteiger charge is -2.23. The van der Waals surface area contributed by atoms with Crippen molar-refractivity contribution in [2.45, 2.75) is 64.2 Å². The average Bonchev–Trinajstić information content (AvgIpc) is 2.39. The van der Waals surface area contributed by atoms with Crippen LogP contribution in [0, 0.1) is 11.8 Å². The van der Waals surface area contributed by atoms with Crippen LogP contribution in [-0.4, -0.2) is 19.0 Å². The zero-order valence-electron chi connectivity index (χ0n) is 11.0. The first-order chi connectivity index (χ1) is 8.34. The van der Waals surface area contributed by atoms with E-state index in [4.69, 9.17) is 4.74 Å². The summed E-state index contributed by atoms with van der Waals surface area (Å²) >= 11 is 0. The van der Waals surface area contributed by atoms with Crippen molar-refractivity contribution in [3.63, 3.8) is 0 Å². The van der Waals surface area contributed by atoms with Crippen LogP contribution in [0.5, 0.6) is 0 Å². The molecule has 0 radical (unpaired) electrons. The maximum absolute atomic E-state index is 11.9. The highest BCUT2D eigenvalue weighted by molar-refractivity contribution is 5.78. The van der Waals surface area contributed by atoms with Gasteiger partial charge in [0.15, 0.2) is 0 Å². The quantitative estimate of drug-likeness (QED) is 0.729. The van der Waals surface area contributed by atoms with Gasteiger partial charge in [0.05, 0.1) is 0 Å². The van der Waals surface area contributed by atoms with Crippen LogP contribution >= 0.6 is 0 Å². The normalized spacial score (nSPS) is 23.8. The van der Waals surface area contributed by atoms with Crippen molar-refractivity contribution in [2.75, 3.05) is 13.2 Å². The topological polar surface area (TPSA) is 26.3 Å². The Hall–Kier alpha value is -0.370. The van der Waals surface area contributed by atoms with E-state index in [1.54, 1.807) is 0 Å². The maximum atomic E-state index is 11.9. The third-order valence-corrected chi connectivity index (χ3v) is 4.41. The number of carbonyl (C=O) groups is 1. The van der Waals surface area contributed by atoms with E-state index in [9.17, 15) is 4.79 Å². The number of ketones is 1. The van der Waals surface area contributed by atoms with Gasteiger partial charge < -0.3 is 4.74 Å². The Morgan fingerprint density at radius 3 is 2.35 bits per heavy atom. The summed E-state index contributed by atoms with van der Waals surface area (Å²) < 4.78 is 5.33. The second kappa shape index (κ2) is 7.15. The molecular formula is C15H26O2. The Labute approximate surface area is 105 Å². The molecule has 0 aromatic heterocycles. The average molecular weight is 238 g/mol. The summed E-state index contributed by atoms with van der Waals surface area (Å²) in [5, 5.41) is 0. The third kappa shape index (κ3) is 4.79. The SMILES string of the molecule is O=C(CCC1CCCCC1)CC1CCOCC1. The van der Waals surface area contributed by atoms with E-state index < -0.39 is 0 Å². The molecule has 1 heterocycles. The molecule has 2 aliphatic rings. The van der Waals surface area contributed by atoms with Gasteiger partial charge >= 0.3 is 0 Å². The van der Waals surface area contributed by atoms with Gasteiger partial charge in [0.1, 0.15) is 5.78 Å². The van der Waals surface area contributed by atoms with Crippen molar-refractivity contribution in [3.8, 4) is 0 Å². The fourth-order valence-electron chi connectivity index (χ4n) is 3.22. The standard InChI is InChI=1S/C15H26O2/c16-15(12-14-8-10-17-11-9-14)7-6-13-4-2-1-3-5-13/h13-14H,1-12H2.